The Morgan fingerprint density at radius 1 is 1.47 bits per heavy atom. The monoisotopic (exact) mass is 251 g/mol. The van der Waals surface area contributed by atoms with Crippen molar-refractivity contribution in [3.05, 3.63) is 27.6 Å². The maximum atomic E-state index is 11.8. The fraction of sp³-hybridized carbons (Fsp3) is 0.455. The molecule has 0 aromatic carbocycles. The number of aromatic nitrogens is 2. The Morgan fingerprint density at radius 2 is 2.29 bits per heavy atom. The van der Waals surface area contributed by atoms with Crippen molar-refractivity contribution >= 4 is 21.6 Å². The lowest BCUT2D eigenvalue weighted by atomic mass is 10.4. The van der Waals surface area contributed by atoms with Crippen LogP contribution >= 0.6 is 11.3 Å². The lowest BCUT2D eigenvalue weighted by molar-refractivity contribution is 0.0331. The van der Waals surface area contributed by atoms with Crippen LogP contribution in [0.1, 0.15) is 5.82 Å². The molecule has 1 fully saturated rings. The van der Waals surface area contributed by atoms with Crippen LogP contribution in [0.25, 0.3) is 10.2 Å². The number of nitrogens with zero attached hydrogens (tertiary/aromatic N) is 2. The second kappa shape index (κ2) is 4.56. The quantitative estimate of drug-likeness (QED) is 0.858. The summed E-state index contributed by atoms with van der Waals surface area (Å²) < 4.78 is 5.99. The number of nitrogens with one attached hydrogen (secondary N) is 1. The molecule has 90 valence electrons. The van der Waals surface area contributed by atoms with E-state index in [4.69, 9.17) is 4.74 Å². The second-order valence-electron chi connectivity index (χ2n) is 4.04. The Hall–Kier alpha value is -1.24. The van der Waals surface area contributed by atoms with E-state index in [0.717, 1.165) is 37.6 Å². The van der Waals surface area contributed by atoms with Crippen LogP contribution in [-0.2, 0) is 11.3 Å². The molecule has 1 aliphatic rings. The SMILES string of the molecule is O=c1[nH]c(CN2CCOCC2)nc2ccsc12. The summed E-state index contributed by atoms with van der Waals surface area (Å²) in [5, 5.41) is 1.89. The molecule has 3 heterocycles. The summed E-state index contributed by atoms with van der Waals surface area (Å²) in [4.78, 5) is 21.3. The minimum Gasteiger partial charge on any atom is -0.379 e. The van der Waals surface area contributed by atoms with E-state index < -0.39 is 0 Å². The maximum absolute atomic E-state index is 11.8. The summed E-state index contributed by atoms with van der Waals surface area (Å²) in [6, 6.07) is 1.89. The molecule has 1 N–H and O–H groups in total. The largest absolute Gasteiger partial charge is 0.379 e. The van der Waals surface area contributed by atoms with Crippen molar-refractivity contribution in [2.45, 2.75) is 6.54 Å². The molecule has 2 aromatic heterocycles. The van der Waals surface area contributed by atoms with Crippen molar-refractivity contribution in [2.75, 3.05) is 26.3 Å². The number of morpholine rings is 1. The first kappa shape index (κ1) is 10.9. The van der Waals surface area contributed by atoms with Crippen molar-refractivity contribution < 1.29 is 4.74 Å². The Bertz CT molecular complexity index is 571. The molecule has 1 saturated heterocycles. The van der Waals surface area contributed by atoms with E-state index in [1.54, 1.807) is 0 Å². The molecule has 0 atom stereocenters. The second-order valence-corrected chi connectivity index (χ2v) is 4.95. The maximum Gasteiger partial charge on any atom is 0.268 e. The summed E-state index contributed by atoms with van der Waals surface area (Å²) in [5.41, 5.74) is 0.760. The van der Waals surface area contributed by atoms with E-state index in [0.29, 0.717) is 11.2 Å². The van der Waals surface area contributed by atoms with Gasteiger partial charge >= 0.3 is 0 Å². The summed E-state index contributed by atoms with van der Waals surface area (Å²) in [5.74, 6) is 0.739. The zero-order chi connectivity index (χ0) is 11.7. The third-order valence-corrected chi connectivity index (χ3v) is 3.74. The lowest BCUT2D eigenvalue weighted by Crippen LogP contribution is -2.36. The summed E-state index contributed by atoms with van der Waals surface area (Å²) >= 11 is 1.43. The molecule has 0 spiro atoms. The van der Waals surface area contributed by atoms with Gasteiger partial charge in [0, 0.05) is 13.1 Å². The highest BCUT2D eigenvalue weighted by atomic mass is 32.1. The van der Waals surface area contributed by atoms with Gasteiger partial charge in [-0.05, 0) is 11.4 Å². The Kier molecular flexibility index (Phi) is 2.92. The number of thiophene rings is 1. The summed E-state index contributed by atoms with van der Waals surface area (Å²) in [6.45, 7) is 3.98. The molecule has 0 aliphatic carbocycles. The topological polar surface area (TPSA) is 58.2 Å². The first-order valence-corrected chi connectivity index (χ1v) is 6.47. The highest BCUT2D eigenvalue weighted by molar-refractivity contribution is 7.17. The van der Waals surface area contributed by atoms with E-state index in [1.165, 1.54) is 11.3 Å². The van der Waals surface area contributed by atoms with Crippen LogP contribution in [0.3, 0.4) is 0 Å². The number of hydrogen-bond acceptors (Lipinski definition) is 5. The molecule has 0 unspecified atom stereocenters. The van der Waals surface area contributed by atoms with Crippen LogP contribution in [0.15, 0.2) is 16.2 Å². The third-order valence-electron chi connectivity index (χ3n) is 2.84. The zero-order valence-electron chi connectivity index (χ0n) is 9.31. The molecule has 0 saturated carbocycles. The van der Waals surface area contributed by atoms with Crippen molar-refractivity contribution in [1.29, 1.82) is 0 Å². The van der Waals surface area contributed by atoms with Gasteiger partial charge in [0.2, 0.25) is 0 Å². The molecule has 1 aliphatic heterocycles. The Labute approximate surface area is 102 Å². The standard InChI is InChI=1S/C11H13N3O2S/c15-11-10-8(1-6-17-10)12-9(13-11)7-14-2-4-16-5-3-14/h1,6H,2-5,7H2,(H,12,13,15). The molecule has 2 aromatic rings. The Balaban J connectivity index is 1.87. The number of H-pyrrole nitrogens is 1. The minimum absolute atomic E-state index is 0.0340. The average Bonchev–Trinajstić information content (AvgIpc) is 2.79. The van der Waals surface area contributed by atoms with Gasteiger partial charge in [0.05, 0.1) is 25.3 Å². The number of fused-ring (bicyclic) bond motifs is 1. The Morgan fingerprint density at radius 3 is 3.12 bits per heavy atom. The molecule has 0 radical (unpaired) electrons. The van der Waals surface area contributed by atoms with Crippen LogP contribution in [-0.4, -0.2) is 41.2 Å². The van der Waals surface area contributed by atoms with Crippen molar-refractivity contribution in [3.63, 3.8) is 0 Å². The highest BCUT2D eigenvalue weighted by Gasteiger charge is 2.13. The normalized spacial score (nSPS) is 17.6. The molecule has 0 amide bonds. The van der Waals surface area contributed by atoms with Gasteiger partial charge in [0.25, 0.3) is 5.56 Å². The number of ether oxygens (including phenoxy) is 1. The molecule has 5 nitrogen and oxygen atoms in total. The van der Waals surface area contributed by atoms with Gasteiger partial charge in [-0.1, -0.05) is 0 Å². The predicted molar refractivity (Wildman–Crippen MR) is 66.3 cm³/mol. The average molecular weight is 251 g/mol. The third kappa shape index (κ3) is 2.24. The fourth-order valence-electron chi connectivity index (χ4n) is 1.97. The van der Waals surface area contributed by atoms with Gasteiger partial charge in [0.15, 0.2) is 0 Å². The van der Waals surface area contributed by atoms with Gasteiger partial charge in [-0.15, -0.1) is 11.3 Å². The molecule has 17 heavy (non-hydrogen) atoms. The number of aromatic amines is 1. The molecule has 6 heteroatoms. The first-order chi connectivity index (χ1) is 8.33. The summed E-state index contributed by atoms with van der Waals surface area (Å²) in [7, 11) is 0. The van der Waals surface area contributed by atoms with Gasteiger partial charge in [-0.25, -0.2) is 4.98 Å². The van der Waals surface area contributed by atoms with Crippen LogP contribution in [0.5, 0.6) is 0 Å². The van der Waals surface area contributed by atoms with E-state index in [1.807, 2.05) is 11.4 Å². The summed E-state index contributed by atoms with van der Waals surface area (Å²) in [6.07, 6.45) is 0. The number of rotatable bonds is 2. The minimum atomic E-state index is -0.0340. The van der Waals surface area contributed by atoms with Crippen molar-refractivity contribution in [1.82, 2.24) is 14.9 Å². The number of hydrogen-bond donors (Lipinski definition) is 1. The lowest BCUT2D eigenvalue weighted by Gasteiger charge is -2.25. The van der Waals surface area contributed by atoms with Gasteiger partial charge in [-0.3, -0.25) is 9.69 Å². The van der Waals surface area contributed by atoms with Crippen molar-refractivity contribution in [3.8, 4) is 0 Å². The van der Waals surface area contributed by atoms with Crippen LogP contribution in [0, 0.1) is 0 Å². The molecule has 0 bridgehead atoms. The zero-order valence-corrected chi connectivity index (χ0v) is 10.1. The van der Waals surface area contributed by atoms with Crippen LogP contribution < -0.4 is 5.56 Å². The van der Waals surface area contributed by atoms with E-state index in [9.17, 15) is 4.79 Å². The van der Waals surface area contributed by atoms with Crippen LogP contribution in [0.4, 0.5) is 0 Å². The highest BCUT2D eigenvalue weighted by Crippen LogP contribution is 2.14. The molecular weight excluding hydrogens is 238 g/mol. The molecule has 3 rings (SSSR count). The first-order valence-electron chi connectivity index (χ1n) is 5.59. The van der Waals surface area contributed by atoms with Gasteiger partial charge in [-0.2, -0.15) is 0 Å². The fourth-order valence-corrected chi connectivity index (χ4v) is 2.69. The molecular formula is C11H13N3O2S. The van der Waals surface area contributed by atoms with Crippen molar-refractivity contribution in [2.24, 2.45) is 0 Å². The van der Waals surface area contributed by atoms with Gasteiger partial charge in [0.1, 0.15) is 10.5 Å². The van der Waals surface area contributed by atoms with E-state index in [-0.39, 0.29) is 5.56 Å². The van der Waals surface area contributed by atoms with E-state index >= 15 is 0 Å². The predicted octanol–water partition coefficient (Wildman–Crippen LogP) is 0.817. The van der Waals surface area contributed by atoms with Gasteiger partial charge < -0.3 is 9.72 Å². The smallest absolute Gasteiger partial charge is 0.268 e. The van der Waals surface area contributed by atoms with E-state index in [2.05, 4.69) is 14.9 Å². The van der Waals surface area contributed by atoms with Crippen LogP contribution in [0.2, 0.25) is 0 Å².